The number of rotatable bonds is 4. The highest BCUT2D eigenvalue weighted by Gasteiger charge is 2.33. The van der Waals surface area contributed by atoms with Gasteiger partial charge in [0.25, 0.3) is 0 Å². The molecule has 0 spiro atoms. The van der Waals surface area contributed by atoms with Crippen molar-refractivity contribution in [3.63, 3.8) is 0 Å². The Hall–Kier alpha value is -2.77. The molecule has 5 nitrogen and oxygen atoms in total. The van der Waals surface area contributed by atoms with E-state index in [0.29, 0.717) is 18.0 Å². The number of methoxy groups -OCH3 is 1. The van der Waals surface area contributed by atoms with E-state index in [1.807, 2.05) is 6.92 Å². The fourth-order valence-corrected chi connectivity index (χ4v) is 1.81. The molecule has 0 saturated heterocycles. The fraction of sp³-hybridized carbons (Fsp3) is 0.200. The van der Waals surface area contributed by atoms with Crippen LogP contribution in [0, 0.1) is 6.92 Å². The SMILES string of the molecule is COc1cc(C)ccc1Oc1ncc(C(F)(F)F)cc1C(=O)O. The first-order valence-corrected chi connectivity index (χ1v) is 6.35. The average Bonchev–Trinajstić information content (AvgIpc) is 2.48. The van der Waals surface area contributed by atoms with Crippen molar-refractivity contribution in [3.8, 4) is 17.4 Å². The Morgan fingerprint density at radius 2 is 1.91 bits per heavy atom. The van der Waals surface area contributed by atoms with E-state index in [4.69, 9.17) is 14.6 Å². The largest absolute Gasteiger partial charge is 0.493 e. The number of ether oxygens (including phenoxy) is 2. The lowest BCUT2D eigenvalue weighted by Crippen LogP contribution is -2.10. The molecule has 23 heavy (non-hydrogen) atoms. The number of hydrogen-bond donors (Lipinski definition) is 1. The first-order chi connectivity index (χ1) is 10.7. The van der Waals surface area contributed by atoms with Gasteiger partial charge in [-0.1, -0.05) is 6.07 Å². The summed E-state index contributed by atoms with van der Waals surface area (Å²) < 4.78 is 48.4. The lowest BCUT2D eigenvalue weighted by Gasteiger charge is -2.13. The maximum Gasteiger partial charge on any atom is 0.417 e. The van der Waals surface area contributed by atoms with Crippen LogP contribution in [0.25, 0.3) is 0 Å². The van der Waals surface area contributed by atoms with Gasteiger partial charge in [-0.05, 0) is 30.7 Å². The second-order valence-corrected chi connectivity index (χ2v) is 4.64. The van der Waals surface area contributed by atoms with Crippen LogP contribution in [-0.2, 0) is 6.18 Å². The molecule has 0 atom stereocenters. The summed E-state index contributed by atoms with van der Waals surface area (Å²) in [5, 5.41) is 9.09. The molecule has 8 heteroatoms. The number of pyridine rings is 1. The fourth-order valence-electron chi connectivity index (χ4n) is 1.81. The highest BCUT2D eigenvalue weighted by Crippen LogP contribution is 2.35. The molecule has 0 saturated carbocycles. The van der Waals surface area contributed by atoms with Crippen LogP contribution in [0.3, 0.4) is 0 Å². The molecule has 122 valence electrons. The van der Waals surface area contributed by atoms with Gasteiger partial charge in [0.2, 0.25) is 5.88 Å². The molecule has 0 bridgehead atoms. The first-order valence-electron chi connectivity index (χ1n) is 6.35. The minimum Gasteiger partial charge on any atom is -0.493 e. The quantitative estimate of drug-likeness (QED) is 0.922. The van der Waals surface area contributed by atoms with Crippen LogP contribution in [0.5, 0.6) is 17.4 Å². The molecule has 0 aliphatic rings. The third kappa shape index (κ3) is 3.71. The summed E-state index contributed by atoms with van der Waals surface area (Å²) in [6.45, 7) is 1.81. The Labute approximate surface area is 129 Å². The summed E-state index contributed by atoms with van der Waals surface area (Å²) in [5.41, 5.74) is -0.992. The normalized spacial score (nSPS) is 11.2. The number of nitrogens with zero attached hydrogens (tertiary/aromatic N) is 1. The van der Waals surface area contributed by atoms with E-state index < -0.39 is 29.2 Å². The minimum absolute atomic E-state index is 0.146. The molecule has 1 aromatic heterocycles. The lowest BCUT2D eigenvalue weighted by molar-refractivity contribution is -0.137. The number of benzene rings is 1. The molecule has 2 rings (SSSR count). The van der Waals surface area contributed by atoms with Crippen molar-refractivity contribution >= 4 is 5.97 Å². The summed E-state index contributed by atoms with van der Waals surface area (Å²) in [5.74, 6) is -1.58. The summed E-state index contributed by atoms with van der Waals surface area (Å²) >= 11 is 0. The molecule has 0 aliphatic carbocycles. The van der Waals surface area contributed by atoms with Crippen LogP contribution in [0.2, 0.25) is 0 Å². The Kier molecular flexibility index (Phi) is 4.44. The van der Waals surface area contributed by atoms with Gasteiger partial charge in [0.15, 0.2) is 11.5 Å². The molecule has 0 unspecified atom stereocenters. The highest BCUT2D eigenvalue weighted by molar-refractivity contribution is 5.90. The highest BCUT2D eigenvalue weighted by atomic mass is 19.4. The van der Waals surface area contributed by atoms with Crippen molar-refractivity contribution < 1.29 is 32.5 Å². The Bertz CT molecular complexity index is 744. The summed E-state index contributed by atoms with van der Waals surface area (Å²) in [6.07, 6.45) is -4.18. The van der Waals surface area contributed by atoms with E-state index in [1.165, 1.54) is 13.2 Å². The standard InChI is InChI=1S/C15H12F3NO4/c1-8-3-4-11(12(5-8)22-2)23-13-10(14(20)21)6-9(7-19-13)15(16,17)18/h3-7H,1-2H3,(H,20,21). The molecule has 1 heterocycles. The summed E-state index contributed by atoms with van der Waals surface area (Å²) in [4.78, 5) is 14.7. The van der Waals surface area contributed by atoms with Gasteiger partial charge in [0.05, 0.1) is 12.7 Å². The van der Waals surface area contributed by atoms with E-state index in [2.05, 4.69) is 4.98 Å². The van der Waals surface area contributed by atoms with Crippen LogP contribution in [-0.4, -0.2) is 23.2 Å². The molecule has 0 aliphatic heterocycles. The third-order valence-electron chi connectivity index (χ3n) is 2.93. The summed E-state index contributed by atoms with van der Waals surface area (Å²) in [7, 11) is 1.39. The second-order valence-electron chi connectivity index (χ2n) is 4.64. The number of carbonyl (C=O) groups is 1. The number of carboxylic acid groups (broad SMARTS) is 1. The zero-order chi connectivity index (χ0) is 17.2. The lowest BCUT2D eigenvalue weighted by atomic mass is 10.2. The van der Waals surface area contributed by atoms with E-state index in [-0.39, 0.29) is 5.75 Å². The third-order valence-corrected chi connectivity index (χ3v) is 2.93. The van der Waals surface area contributed by atoms with Gasteiger partial charge >= 0.3 is 12.1 Å². The molecular formula is C15H12F3NO4. The van der Waals surface area contributed by atoms with Gasteiger partial charge in [-0.2, -0.15) is 13.2 Å². The van der Waals surface area contributed by atoms with Gasteiger partial charge in [-0.15, -0.1) is 0 Å². The first kappa shape index (κ1) is 16.6. The van der Waals surface area contributed by atoms with Crippen LogP contribution in [0.15, 0.2) is 30.5 Å². The minimum atomic E-state index is -4.70. The second kappa shape index (κ2) is 6.15. The maximum absolute atomic E-state index is 12.7. The number of carboxylic acids is 1. The number of alkyl halides is 3. The number of hydrogen-bond acceptors (Lipinski definition) is 4. The van der Waals surface area contributed by atoms with Crippen molar-refractivity contribution in [1.82, 2.24) is 4.98 Å². The smallest absolute Gasteiger partial charge is 0.417 e. The molecule has 0 fully saturated rings. The Balaban J connectivity index is 2.46. The zero-order valence-corrected chi connectivity index (χ0v) is 12.1. The van der Waals surface area contributed by atoms with Crippen molar-refractivity contribution in [2.75, 3.05) is 7.11 Å². The number of aromatic nitrogens is 1. The predicted octanol–water partition coefficient (Wildman–Crippen LogP) is 3.91. The maximum atomic E-state index is 12.7. The number of aryl methyl sites for hydroxylation is 1. The number of halogens is 3. The molecule has 2 aromatic rings. The van der Waals surface area contributed by atoms with Gasteiger partial charge in [0, 0.05) is 6.20 Å². The van der Waals surface area contributed by atoms with E-state index in [0.717, 1.165) is 5.56 Å². The zero-order valence-electron chi connectivity index (χ0n) is 12.1. The Morgan fingerprint density at radius 3 is 2.48 bits per heavy atom. The number of aromatic carboxylic acids is 1. The predicted molar refractivity (Wildman–Crippen MR) is 74.0 cm³/mol. The van der Waals surface area contributed by atoms with Crippen molar-refractivity contribution in [1.29, 1.82) is 0 Å². The van der Waals surface area contributed by atoms with Crippen molar-refractivity contribution in [3.05, 3.63) is 47.2 Å². The van der Waals surface area contributed by atoms with E-state index >= 15 is 0 Å². The summed E-state index contributed by atoms with van der Waals surface area (Å²) in [6, 6.07) is 5.31. The van der Waals surface area contributed by atoms with E-state index in [9.17, 15) is 18.0 Å². The average molecular weight is 327 g/mol. The Morgan fingerprint density at radius 1 is 1.22 bits per heavy atom. The van der Waals surface area contributed by atoms with Gasteiger partial charge in [-0.3, -0.25) is 0 Å². The van der Waals surface area contributed by atoms with Crippen LogP contribution in [0.1, 0.15) is 21.5 Å². The van der Waals surface area contributed by atoms with Crippen LogP contribution < -0.4 is 9.47 Å². The molecule has 0 radical (unpaired) electrons. The van der Waals surface area contributed by atoms with Gasteiger partial charge in [0.1, 0.15) is 5.56 Å². The molecule has 1 aromatic carbocycles. The van der Waals surface area contributed by atoms with E-state index in [1.54, 1.807) is 12.1 Å². The topological polar surface area (TPSA) is 68.7 Å². The van der Waals surface area contributed by atoms with Crippen molar-refractivity contribution in [2.45, 2.75) is 13.1 Å². The van der Waals surface area contributed by atoms with Gasteiger partial charge in [-0.25, -0.2) is 9.78 Å². The van der Waals surface area contributed by atoms with Crippen LogP contribution in [0.4, 0.5) is 13.2 Å². The molecular weight excluding hydrogens is 315 g/mol. The van der Waals surface area contributed by atoms with Gasteiger partial charge < -0.3 is 14.6 Å². The van der Waals surface area contributed by atoms with Crippen LogP contribution >= 0.6 is 0 Å². The monoisotopic (exact) mass is 327 g/mol. The molecule has 1 N–H and O–H groups in total. The molecule has 0 amide bonds. The van der Waals surface area contributed by atoms with Crippen molar-refractivity contribution in [2.24, 2.45) is 0 Å².